The van der Waals surface area contributed by atoms with Crippen molar-refractivity contribution in [3.63, 3.8) is 0 Å². The lowest BCUT2D eigenvalue weighted by atomic mass is 10.2. The molecule has 2 rings (SSSR count). The third kappa shape index (κ3) is 3.22. The fraction of sp³-hybridized carbons (Fsp3) is 0.0769. The molecule has 1 aromatic heterocycles. The largest absolute Gasteiger partial charge is 0.319 e. The molecule has 0 aliphatic heterocycles. The Hall–Kier alpha value is -1.58. The Morgan fingerprint density at radius 2 is 2.11 bits per heavy atom. The minimum absolute atomic E-state index is 0.173. The van der Waals surface area contributed by atoms with Gasteiger partial charge in [-0.15, -0.1) is 0 Å². The van der Waals surface area contributed by atoms with Crippen molar-refractivity contribution in [2.45, 2.75) is 6.42 Å². The van der Waals surface area contributed by atoms with E-state index in [9.17, 15) is 4.79 Å². The van der Waals surface area contributed by atoms with E-state index < -0.39 is 0 Å². The number of rotatable bonds is 2. The van der Waals surface area contributed by atoms with Crippen LogP contribution in [-0.4, -0.2) is 10.9 Å². The van der Waals surface area contributed by atoms with E-state index in [4.69, 9.17) is 23.2 Å². The quantitative estimate of drug-likeness (QED) is 0.838. The molecule has 1 N–H and O–H groups in total. The molecule has 3 nitrogen and oxygen atoms in total. The molecule has 0 radical (unpaired) electrons. The summed E-state index contributed by atoms with van der Waals surface area (Å²) in [7, 11) is 0. The molecule has 0 bridgehead atoms. The first kappa shape index (κ1) is 12.9. The zero-order valence-corrected chi connectivity index (χ0v) is 10.9. The van der Waals surface area contributed by atoms with Crippen LogP contribution in [-0.2, 0) is 4.79 Å². The lowest BCUT2D eigenvalue weighted by Gasteiger charge is -2.07. The monoisotopic (exact) mass is 280 g/mol. The number of anilines is 1. The zero-order chi connectivity index (χ0) is 13.0. The van der Waals surface area contributed by atoms with E-state index in [1.54, 1.807) is 18.2 Å². The minimum atomic E-state index is -0.221. The average Bonchev–Trinajstić information content (AvgIpc) is 2.61. The number of hydrogen-bond acceptors (Lipinski definition) is 2. The zero-order valence-electron chi connectivity index (χ0n) is 9.36. The van der Waals surface area contributed by atoms with Gasteiger partial charge in [-0.3, -0.25) is 4.79 Å². The topological polar surface area (TPSA) is 42.0 Å². The van der Waals surface area contributed by atoms with Gasteiger partial charge in [-0.2, -0.15) is 0 Å². The molecule has 0 atom stereocenters. The first-order valence-electron chi connectivity index (χ1n) is 5.33. The van der Waals surface area contributed by atoms with Crippen LogP contribution in [0.4, 0.5) is 5.69 Å². The number of amides is 1. The highest BCUT2D eigenvalue weighted by Gasteiger charge is 2.10. The van der Waals surface area contributed by atoms with E-state index >= 15 is 0 Å². The van der Waals surface area contributed by atoms with Crippen molar-refractivity contribution >= 4 is 34.8 Å². The summed E-state index contributed by atoms with van der Waals surface area (Å²) in [5.41, 5.74) is 1.03. The molecule has 0 fully saturated rings. The maximum absolute atomic E-state index is 12.0. The van der Waals surface area contributed by atoms with Crippen LogP contribution in [0, 0.1) is 0 Å². The molecule has 0 spiro atoms. The van der Waals surface area contributed by atoms with Crippen LogP contribution in [0.5, 0.6) is 0 Å². The van der Waals surface area contributed by atoms with Crippen LogP contribution in [0.1, 0.15) is 6.42 Å². The predicted molar refractivity (Wildman–Crippen MR) is 73.9 cm³/mol. The van der Waals surface area contributed by atoms with Gasteiger partial charge in [0.25, 0.3) is 5.91 Å². The molecule has 0 saturated carbocycles. The van der Waals surface area contributed by atoms with Crippen LogP contribution >= 0.6 is 23.2 Å². The fourth-order valence-corrected chi connectivity index (χ4v) is 1.84. The number of carbonyl (C=O) groups is 1. The van der Waals surface area contributed by atoms with Gasteiger partial charge in [0.15, 0.2) is 5.15 Å². The van der Waals surface area contributed by atoms with E-state index in [0.717, 1.165) is 6.42 Å². The summed E-state index contributed by atoms with van der Waals surface area (Å²) >= 11 is 11.6. The van der Waals surface area contributed by atoms with Gasteiger partial charge in [0.2, 0.25) is 0 Å². The third-order valence-corrected chi connectivity index (χ3v) is 2.82. The van der Waals surface area contributed by atoms with Crippen molar-refractivity contribution < 1.29 is 4.79 Å². The molecule has 18 heavy (non-hydrogen) atoms. The van der Waals surface area contributed by atoms with E-state index in [1.807, 2.05) is 24.3 Å². The fourth-order valence-electron chi connectivity index (χ4n) is 1.45. The van der Waals surface area contributed by atoms with Crippen LogP contribution in [0.25, 0.3) is 0 Å². The number of aromatic nitrogens is 1. The molecular formula is C13H10Cl2N2O. The van der Waals surface area contributed by atoms with Crippen molar-refractivity contribution in [1.82, 2.24) is 4.98 Å². The number of allylic oxidation sites excluding steroid dienone is 4. The Bertz CT molecular complexity index is 562. The molecule has 1 aliphatic rings. The summed E-state index contributed by atoms with van der Waals surface area (Å²) in [6.07, 6.45) is 9.99. The molecular weight excluding hydrogens is 271 g/mol. The Morgan fingerprint density at radius 3 is 2.89 bits per heavy atom. The Kier molecular flexibility index (Phi) is 4.18. The van der Waals surface area contributed by atoms with Gasteiger partial charge in [0.05, 0.1) is 5.69 Å². The maximum Gasteiger partial charge on any atom is 0.255 e. The number of carbonyl (C=O) groups excluding carboxylic acids is 1. The van der Waals surface area contributed by atoms with Gasteiger partial charge < -0.3 is 5.32 Å². The van der Waals surface area contributed by atoms with Gasteiger partial charge in [-0.1, -0.05) is 47.5 Å². The summed E-state index contributed by atoms with van der Waals surface area (Å²) < 4.78 is 0. The molecule has 1 aromatic rings. The third-order valence-electron chi connectivity index (χ3n) is 2.32. The van der Waals surface area contributed by atoms with E-state index in [2.05, 4.69) is 10.3 Å². The van der Waals surface area contributed by atoms with Gasteiger partial charge >= 0.3 is 0 Å². The minimum Gasteiger partial charge on any atom is -0.319 e. The molecule has 0 saturated heterocycles. The number of halogens is 2. The second-order valence-electron chi connectivity index (χ2n) is 3.61. The molecule has 0 unspecified atom stereocenters. The predicted octanol–water partition coefficient (Wildman–Crippen LogP) is 3.77. The molecule has 1 aliphatic carbocycles. The van der Waals surface area contributed by atoms with Crippen LogP contribution in [0.3, 0.4) is 0 Å². The number of nitrogens with zero attached hydrogens (tertiary/aromatic N) is 1. The van der Waals surface area contributed by atoms with Crippen molar-refractivity contribution in [3.05, 3.63) is 58.4 Å². The number of hydrogen-bond donors (Lipinski definition) is 1. The molecule has 1 heterocycles. The number of pyridine rings is 1. The van der Waals surface area contributed by atoms with Crippen LogP contribution in [0.2, 0.25) is 10.3 Å². The van der Waals surface area contributed by atoms with Gasteiger partial charge in [-0.05, 0) is 24.6 Å². The maximum atomic E-state index is 12.0. The lowest BCUT2D eigenvalue weighted by Crippen LogP contribution is -2.13. The lowest BCUT2D eigenvalue weighted by molar-refractivity contribution is -0.112. The summed E-state index contributed by atoms with van der Waals surface area (Å²) in [6, 6.07) is 3.19. The molecule has 1 amide bonds. The van der Waals surface area contributed by atoms with Crippen molar-refractivity contribution in [2.75, 3.05) is 5.32 Å². The molecule has 0 aromatic carbocycles. The summed E-state index contributed by atoms with van der Waals surface area (Å²) in [4.78, 5) is 15.8. The SMILES string of the molecule is O=C(Nc1ccc(Cl)nc1Cl)C1=CCC=CC=C1. The van der Waals surface area contributed by atoms with E-state index in [0.29, 0.717) is 11.3 Å². The number of nitrogens with one attached hydrogen (secondary N) is 1. The van der Waals surface area contributed by atoms with Gasteiger partial charge in [0, 0.05) is 5.57 Å². The first-order valence-corrected chi connectivity index (χ1v) is 6.09. The second-order valence-corrected chi connectivity index (χ2v) is 4.35. The van der Waals surface area contributed by atoms with Crippen molar-refractivity contribution in [2.24, 2.45) is 0 Å². The van der Waals surface area contributed by atoms with Gasteiger partial charge in [-0.25, -0.2) is 4.98 Å². The van der Waals surface area contributed by atoms with Crippen molar-refractivity contribution in [1.29, 1.82) is 0 Å². The van der Waals surface area contributed by atoms with Gasteiger partial charge in [0.1, 0.15) is 5.15 Å². The highest BCUT2D eigenvalue weighted by molar-refractivity contribution is 6.34. The first-order chi connectivity index (χ1) is 8.66. The Labute approximate surface area is 115 Å². The second kappa shape index (κ2) is 5.85. The standard InChI is InChI=1S/C13H10Cl2N2O/c14-11-8-7-10(12(15)17-11)16-13(18)9-5-3-1-2-4-6-9/h1-3,5-8H,4H2,(H,16,18). The van der Waals surface area contributed by atoms with E-state index in [1.165, 1.54) is 0 Å². The smallest absolute Gasteiger partial charge is 0.255 e. The average molecular weight is 281 g/mol. The highest BCUT2D eigenvalue weighted by atomic mass is 35.5. The van der Waals surface area contributed by atoms with Crippen molar-refractivity contribution in [3.8, 4) is 0 Å². The summed E-state index contributed by atoms with van der Waals surface area (Å²) in [6.45, 7) is 0. The normalized spacial score (nSPS) is 14.0. The summed E-state index contributed by atoms with van der Waals surface area (Å²) in [5, 5.41) is 3.16. The Balaban J connectivity index is 2.14. The van der Waals surface area contributed by atoms with Crippen LogP contribution < -0.4 is 5.32 Å². The highest BCUT2D eigenvalue weighted by Crippen LogP contribution is 2.22. The van der Waals surface area contributed by atoms with E-state index in [-0.39, 0.29) is 16.2 Å². The summed E-state index contributed by atoms with van der Waals surface area (Å²) in [5.74, 6) is -0.221. The molecule has 92 valence electrons. The molecule has 5 heteroatoms. The van der Waals surface area contributed by atoms with Crippen LogP contribution in [0.15, 0.2) is 48.1 Å². The Morgan fingerprint density at radius 1 is 1.28 bits per heavy atom.